The van der Waals surface area contributed by atoms with Gasteiger partial charge in [-0.25, -0.2) is 0 Å². The van der Waals surface area contributed by atoms with Gasteiger partial charge >= 0.3 is 5.97 Å². The van der Waals surface area contributed by atoms with Crippen molar-refractivity contribution in [3.05, 3.63) is 52.2 Å². The van der Waals surface area contributed by atoms with Crippen molar-refractivity contribution >= 4 is 23.0 Å². The van der Waals surface area contributed by atoms with E-state index in [1.165, 1.54) is 0 Å². The summed E-state index contributed by atoms with van der Waals surface area (Å²) >= 11 is 1.57. The van der Waals surface area contributed by atoms with Crippen LogP contribution in [0.25, 0.3) is 0 Å². The third kappa shape index (κ3) is 4.60. The maximum Gasteiger partial charge on any atom is 0.303 e. The quantitative estimate of drug-likeness (QED) is 0.460. The largest absolute Gasteiger partial charge is 0.497 e. The summed E-state index contributed by atoms with van der Waals surface area (Å²) in [6, 6.07) is 11.5. The lowest BCUT2D eigenvalue weighted by atomic mass is 10.1. The van der Waals surface area contributed by atoms with E-state index in [1.54, 1.807) is 18.4 Å². The van der Waals surface area contributed by atoms with Crippen LogP contribution in [0.1, 0.15) is 23.3 Å². The van der Waals surface area contributed by atoms with Gasteiger partial charge in [-0.1, -0.05) is 11.2 Å². The summed E-state index contributed by atoms with van der Waals surface area (Å²) in [5, 5.41) is 14.8. The van der Waals surface area contributed by atoms with E-state index in [9.17, 15) is 4.79 Å². The van der Waals surface area contributed by atoms with Crippen molar-refractivity contribution in [1.29, 1.82) is 0 Å². The molecule has 0 unspecified atom stereocenters. The summed E-state index contributed by atoms with van der Waals surface area (Å²) in [6.07, 6.45) is 0.506. The molecule has 0 aliphatic carbocycles. The summed E-state index contributed by atoms with van der Waals surface area (Å²) in [5.41, 5.74) is 1.65. The topological polar surface area (TPSA) is 68.1 Å². The molecule has 2 aromatic rings. The van der Waals surface area contributed by atoms with E-state index in [-0.39, 0.29) is 13.0 Å². The van der Waals surface area contributed by atoms with Crippen LogP contribution >= 0.6 is 11.3 Å². The number of benzene rings is 1. The molecule has 0 saturated heterocycles. The van der Waals surface area contributed by atoms with Gasteiger partial charge < -0.3 is 14.7 Å². The van der Waals surface area contributed by atoms with Gasteiger partial charge in [0.25, 0.3) is 0 Å². The van der Waals surface area contributed by atoms with Crippen molar-refractivity contribution in [2.45, 2.75) is 12.8 Å². The number of carbonyl (C=O) groups is 1. The van der Waals surface area contributed by atoms with Gasteiger partial charge in [0.1, 0.15) is 18.1 Å². The summed E-state index contributed by atoms with van der Waals surface area (Å²) in [7, 11) is 1.62. The number of methoxy groups -OCH3 is 1. The number of oxime groups is 1. The number of rotatable bonds is 8. The number of hydrogen-bond acceptors (Lipinski definition) is 5. The number of ether oxygens (including phenoxy) is 1. The monoisotopic (exact) mass is 319 g/mol. The second-order valence-electron chi connectivity index (χ2n) is 4.48. The van der Waals surface area contributed by atoms with Gasteiger partial charge in [0.05, 0.1) is 12.0 Å². The zero-order chi connectivity index (χ0) is 15.8. The molecule has 0 atom stereocenters. The molecule has 0 fully saturated rings. The Balaban J connectivity index is 2.10. The van der Waals surface area contributed by atoms with Crippen LogP contribution in [-0.2, 0) is 9.63 Å². The average Bonchev–Trinajstić information content (AvgIpc) is 3.05. The maximum absolute atomic E-state index is 10.5. The van der Waals surface area contributed by atoms with Crippen molar-refractivity contribution < 1.29 is 19.5 Å². The summed E-state index contributed by atoms with van der Waals surface area (Å²) in [4.78, 5) is 16.7. The first kappa shape index (κ1) is 16.0. The van der Waals surface area contributed by atoms with Crippen LogP contribution in [0.3, 0.4) is 0 Å². The molecule has 0 aliphatic rings. The smallest absolute Gasteiger partial charge is 0.303 e. The minimum atomic E-state index is -0.832. The summed E-state index contributed by atoms with van der Waals surface area (Å²) in [5.74, 6) is -0.0575. The lowest BCUT2D eigenvalue weighted by molar-refractivity contribution is -0.137. The lowest BCUT2D eigenvalue weighted by Crippen LogP contribution is -2.04. The van der Waals surface area contributed by atoms with E-state index < -0.39 is 5.97 Å². The van der Waals surface area contributed by atoms with Crippen molar-refractivity contribution in [3.63, 3.8) is 0 Å². The van der Waals surface area contributed by atoms with Crippen molar-refractivity contribution in [1.82, 2.24) is 0 Å². The molecule has 1 aromatic heterocycles. The van der Waals surface area contributed by atoms with Crippen LogP contribution in [0.4, 0.5) is 0 Å². The third-order valence-corrected chi connectivity index (χ3v) is 3.78. The number of hydrogen-bond donors (Lipinski definition) is 1. The predicted octanol–water partition coefficient (Wildman–Crippen LogP) is 3.39. The van der Waals surface area contributed by atoms with E-state index in [1.807, 2.05) is 41.8 Å². The summed E-state index contributed by atoms with van der Waals surface area (Å²) < 4.78 is 5.15. The first-order valence-corrected chi connectivity index (χ1v) is 7.68. The molecule has 1 N–H and O–H groups in total. The normalized spacial score (nSPS) is 11.2. The van der Waals surface area contributed by atoms with E-state index in [4.69, 9.17) is 14.7 Å². The Hall–Kier alpha value is -2.34. The molecule has 0 saturated carbocycles. The first-order chi connectivity index (χ1) is 10.7. The standard InChI is InChI=1S/C16H17NO4S/c1-20-13-8-6-12(7-9-13)16(14-4-3-11-22-14)17-21-10-2-5-15(18)19/h3-4,6-9,11H,2,5,10H2,1H3,(H,18,19)/b17-16-. The molecule has 22 heavy (non-hydrogen) atoms. The van der Waals surface area contributed by atoms with Crippen LogP contribution in [0.15, 0.2) is 46.9 Å². The van der Waals surface area contributed by atoms with Crippen LogP contribution in [0, 0.1) is 0 Å². The fraction of sp³-hybridized carbons (Fsp3) is 0.250. The van der Waals surface area contributed by atoms with Gasteiger partial charge in [0, 0.05) is 12.0 Å². The van der Waals surface area contributed by atoms with E-state index >= 15 is 0 Å². The Kier molecular flexibility index (Phi) is 5.97. The molecule has 0 aliphatic heterocycles. The number of nitrogens with zero attached hydrogens (tertiary/aromatic N) is 1. The Labute approximate surface area is 132 Å². The Morgan fingerprint density at radius 3 is 2.64 bits per heavy atom. The van der Waals surface area contributed by atoms with Gasteiger partial charge in [-0.2, -0.15) is 0 Å². The average molecular weight is 319 g/mol. The highest BCUT2D eigenvalue weighted by Gasteiger charge is 2.09. The minimum Gasteiger partial charge on any atom is -0.497 e. The first-order valence-electron chi connectivity index (χ1n) is 6.81. The molecule has 0 bridgehead atoms. The molecule has 6 heteroatoms. The zero-order valence-corrected chi connectivity index (χ0v) is 13.0. The van der Waals surface area contributed by atoms with Gasteiger partial charge in [0.15, 0.2) is 0 Å². The molecule has 0 spiro atoms. The second kappa shape index (κ2) is 8.19. The highest BCUT2D eigenvalue weighted by molar-refractivity contribution is 7.12. The highest BCUT2D eigenvalue weighted by atomic mass is 32.1. The van der Waals surface area contributed by atoms with Gasteiger partial charge in [-0.05, 0) is 42.1 Å². The Morgan fingerprint density at radius 2 is 2.05 bits per heavy atom. The van der Waals surface area contributed by atoms with Crippen molar-refractivity contribution in [3.8, 4) is 5.75 Å². The molecule has 5 nitrogen and oxygen atoms in total. The maximum atomic E-state index is 10.5. The minimum absolute atomic E-state index is 0.0758. The highest BCUT2D eigenvalue weighted by Crippen LogP contribution is 2.19. The fourth-order valence-corrected chi connectivity index (χ4v) is 2.53. The van der Waals surface area contributed by atoms with Crippen LogP contribution in [0.2, 0.25) is 0 Å². The Morgan fingerprint density at radius 1 is 1.27 bits per heavy atom. The molecule has 2 rings (SSSR count). The molecule has 0 radical (unpaired) electrons. The van der Waals surface area contributed by atoms with E-state index in [0.717, 1.165) is 21.9 Å². The molecule has 1 aromatic carbocycles. The van der Waals surface area contributed by atoms with E-state index in [0.29, 0.717) is 6.42 Å². The third-order valence-electron chi connectivity index (χ3n) is 2.90. The lowest BCUT2D eigenvalue weighted by Gasteiger charge is -2.06. The predicted molar refractivity (Wildman–Crippen MR) is 85.8 cm³/mol. The van der Waals surface area contributed by atoms with Gasteiger partial charge in [-0.3, -0.25) is 4.79 Å². The van der Waals surface area contributed by atoms with Crippen LogP contribution < -0.4 is 4.74 Å². The zero-order valence-electron chi connectivity index (χ0n) is 12.2. The SMILES string of the molecule is COc1ccc(/C(=N/OCCCC(=O)O)c2cccs2)cc1. The summed E-state index contributed by atoms with van der Waals surface area (Å²) in [6.45, 7) is 0.275. The second-order valence-corrected chi connectivity index (χ2v) is 5.42. The number of thiophene rings is 1. The van der Waals surface area contributed by atoms with Crippen molar-refractivity contribution in [2.24, 2.45) is 5.16 Å². The molecule has 1 heterocycles. The van der Waals surface area contributed by atoms with Gasteiger partial charge in [-0.15, -0.1) is 11.3 Å². The number of carboxylic acids is 1. The Bertz CT molecular complexity index is 620. The fourth-order valence-electron chi connectivity index (χ4n) is 1.80. The van der Waals surface area contributed by atoms with Crippen LogP contribution in [-0.4, -0.2) is 30.5 Å². The number of aliphatic carboxylic acids is 1. The molecule has 116 valence electrons. The van der Waals surface area contributed by atoms with Crippen LogP contribution in [0.5, 0.6) is 5.75 Å². The number of carboxylic acid groups (broad SMARTS) is 1. The molecular weight excluding hydrogens is 302 g/mol. The molecular formula is C16H17NO4S. The van der Waals surface area contributed by atoms with Crippen molar-refractivity contribution in [2.75, 3.05) is 13.7 Å². The van der Waals surface area contributed by atoms with Gasteiger partial charge in [0.2, 0.25) is 0 Å². The molecule has 0 amide bonds. The van der Waals surface area contributed by atoms with E-state index in [2.05, 4.69) is 5.16 Å².